The molecule has 3 nitrogen and oxygen atoms in total. The van der Waals surface area contributed by atoms with E-state index in [9.17, 15) is 9.18 Å². The molecule has 0 radical (unpaired) electrons. The summed E-state index contributed by atoms with van der Waals surface area (Å²) in [5.41, 5.74) is 1.95. The number of benzene rings is 1. The van der Waals surface area contributed by atoms with E-state index in [1.807, 2.05) is 17.5 Å². The van der Waals surface area contributed by atoms with Gasteiger partial charge in [0.05, 0.1) is 10.7 Å². The van der Waals surface area contributed by atoms with Crippen molar-refractivity contribution in [1.29, 1.82) is 0 Å². The molecule has 0 aliphatic carbocycles. The molecule has 0 fully saturated rings. The van der Waals surface area contributed by atoms with Crippen LogP contribution in [-0.4, -0.2) is 12.5 Å². The summed E-state index contributed by atoms with van der Waals surface area (Å²) in [6, 6.07) is 5.37. The van der Waals surface area contributed by atoms with E-state index < -0.39 is 0 Å². The molecule has 3 rings (SSSR count). The first-order valence-corrected chi connectivity index (χ1v) is 8.43. The Hall–Kier alpha value is -1.43. The molecule has 1 aliphatic rings. The Bertz CT molecular complexity index is 701. The normalized spacial score (nSPS) is 13.7. The van der Waals surface area contributed by atoms with Gasteiger partial charge in [0.25, 0.3) is 0 Å². The minimum absolute atomic E-state index is 0.183. The van der Waals surface area contributed by atoms with Crippen LogP contribution in [0.2, 0.25) is 5.02 Å². The number of carbonyl (C=O) groups is 1. The maximum Gasteiger partial charge on any atom is 0.224 e. The molecule has 0 atom stereocenters. The van der Waals surface area contributed by atoms with Crippen molar-refractivity contribution >= 4 is 34.5 Å². The van der Waals surface area contributed by atoms with Gasteiger partial charge in [0, 0.05) is 23.2 Å². The van der Waals surface area contributed by atoms with Crippen LogP contribution >= 0.6 is 22.9 Å². The van der Waals surface area contributed by atoms with E-state index in [0.29, 0.717) is 36.4 Å². The molecule has 0 bridgehead atoms. The molecular formula is C16H16ClFN2OS. The Kier molecular flexibility index (Phi) is 4.76. The van der Waals surface area contributed by atoms with Gasteiger partial charge in [0.2, 0.25) is 5.91 Å². The molecule has 0 saturated heterocycles. The molecule has 2 N–H and O–H groups in total. The first kappa shape index (κ1) is 15.5. The SMILES string of the molecule is O=C(CCc1cc(Cl)cs1)Nc1ccc2c(c1F)CCNC2. The standard InChI is InChI=1S/C16H16ClFN2OS/c17-11-7-12(22-9-11)2-4-15(21)20-14-3-1-10-8-19-6-5-13(10)16(14)18/h1,3,7,9,19H,2,4-6,8H2,(H,20,21). The number of aryl methyl sites for hydroxylation is 1. The molecule has 0 spiro atoms. The number of amides is 1. The van der Waals surface area contributed by atoms with Crippen LogP contribution in [-0.2, 0) is 24.2 Å². The Balaban J connectivity index is 1.64. The summed E-state index contributed by atoms with van der Waals surface area (Å²) in [5.74, 6) is -0.483. The average Bonchev–Trinajstić information content (AvgIpc) is 2.94. The highest BCUT2D eigenvalue weighted by Crippen LogP contribution is 2.25. The molecule has 1 amide bonds. The minimum atomic E-state index is -0.300. The Morgan fingerprint density at radius 3 is 3.09 bits per heavy atom. The van der Waals surface area contributed by atoms with Gasteiger partial charge >= 0.3 is 0 Å². The van der Waals surface area contributed by atoms with E-state index >= 15 is 0 Å². The topological polar surface area (TPSA) is 41.1 Å². The highest BCUT2D eigenvalue weighted by atomic mass is 35.5. The van der Waals surface area contributed by atoms with E-state index in [2.05, 4.69) is 10.6 Å². The molecule has 0 saturated carbocycles. The quantitative estimate of drug-likeness (QED) is 0.891. The summed E-state index contributed by atoms with van der Waals surface area (Å²) >= 11 is 7.38. The van der Waals surface area contributed by atoms with Gasteiger partial charge in [-0.25, -0.2) is 4.39 Å². The molecule has 0 unspecified atom stereocenters. The second kappa shape index (κ2) is 6.77. The Labute approximate surface area is 137 Å². The van der Waals surface area contributed by atoms with Crippen molar-refractivity contribution in [3.63, 3.8) is 0 Å². The minimum Gasteiger partial charge on any atom is -0.324 e. The number of carbonyl (C=O) groups excluding carboxylic acids is 1. The largest absolute Gasteiger partial charge is 0.324 e. The predicted octanol–water partition coefficient (Wildman–Crippen LogP) is 3.76. The molecule has 1 aliphatic heterocycles. The number of thiophene rings is 1. The predicted molar refractivity (Wildman–Crippen MR) is 88.1 cm³/mol. The summed E-state index contributed by atoms with van der Waals surface area (Å²) in [6.07, 6.45) is 1.58. The first-order chi connectivity index (χ1) is 10.6. The van der Waals surface area contributed by atoms with Crippen LogP contribution in [0.15, 0.2) is 23.6 Å². The van der Waals surface area contributed by atoms with Crippen molar-refractivity contribution in [2.75, 3.05) is 11.9 Å². The van der Waals surface area contributed by atoms with Crippen molar-refractivity contribution < 1.29 is 9.18 Å². The van der Waals surface area contributed by atoms with E-state index in [1.165, 1.54) is 11.3 Å². The number of hydrogen-bond donors (Lipinski definition) is 2. The lowest BCUT2D eigenvalue weighted by Crippen LogP contribution is -2.25. The lowest BCUT2D eigenvalue weighted by Gasteiger charge is -2.19. The lowest BCUT2D eigenvalue weighted by atomic mass is 9.99. The fourth-order valence-electron chi connectivity index (χ4n) is 2.56. The number of fused-ring (bicyclic) bond motifs is 1. The molecule has 22 heavy (non-hydrogen) atoms. The zero-order chi connectivity index (χ0) is 15.5. The van der Waals surface area contributed by atoms with E-state index in [4.69, 9.17) is 11.6 Å². The Morgan fingerprint density at radius 2 is 2.32 bits per heavy atom. The van der Waals surface area contributed by atoms with Gasteiger partial charge in [0.15, 0.2) is 0 Å². The van der Waals surface area contributed by atoms with Gasteiger partial charge in [-0.3, -0.25) is 4.79 Å². The van der Waals surface area contributed by atoms with Gasteiger partial charge in [-0.05, 0) is 42.6 Å². The van der Waals surface area contributed by atoms with Gasteiger partial charge in [0.1, 0.15) is 5.82 Å². The van der Waals surface area contributed by atoms with Crippen LogP contribution in [0.3, 0.4) is 0 Å². The second-order valence-corrected chi connectivity index (χ2v) is 6.70. The highest BCUT2D eigenvalue weighted by molar-refractivity contribution is 7.10. The fourth-order valence-corrected chi connectivity index (χ4v) is 3.64. The van der Waals surface area contributed by atoms with Crippen LogP contribution < -0.4 is 10.6 Å². The van der Waals surface area contributed by atoms with Gasteiger partial charge in [-0.2, -0.15) is 0 Å². The summed E-state index contributed by atoms with van der Waals surface area (Å²) < 4.78 is 14.4. The molecule has 1 aromatic carbocycles. The first-order valence-electron chi connectivity index (χ1n) is 7.17. The number of hydrogen-bond acceptors (Lipinski definition) is 3. The lowest BCUT2D eigenvalue weighted by molar-refractivity contribution is -0.116. The van der Waals surface area contributed by atoms with Crippen LogP contribution in [0.1, 0.15) is 22.4 Å². The van der Waals surface area contributed by atoms with Gasteiger partial charge < -0.3 is 10.6 Å². The summed E-state index contributed by atoms with van der Waals surface area (Å²) in [4.78, 5) is 13.0. The second-order valence-electron chi connectivity index (χ2n) is 5.27. The third-order valence-corrected chi connectivity index (χ3v) is 5.05. The number of rotatable bonds is 4. The number of nitrogens with one attached hydrogen (secondary N) is 2. The molecular weight excluding hydrogens is 323 g/mol. The van der Waals surface area contributed by atoms with Crippen molar-refractivity contribution in [2.45, 2.75) is 25.8 Å². The monoisotopic (exact) mass is 338 g/mol. The maximum absolute atomic E-state index is 14.4. The van der Waals surface area contributed by atoms with Crippen molar-refractivity contribution in [2.24, 2.45) is 0 Å². The fraction of sp³-hybridized carbons (Fsp3) is 0.312. The van der Waals surface area contributed by atoms with Crippen LogP contribution in [0.5, 0.6) is 0 Å². The van der Waals surface area contributed by atoms with Gasteiger partial charge in [-0.1, -0.05) is 17.7 Å². The third kappa shape index (κ3) is 3.48. The molecule has 6 heteroatoms. The molecule has 116 valence electrons. The zero-order valence-electron chi connectivity index (χ0n) is 11.9. The van der Waals surface area contributed by atoms with Crippen LogP contribution in [0.25, 0.3) is 0 Å². The zero-order valence-corrected chi connectivity index (χ0v) is 13.5. The molecule has 2 aromatic rings. The third-order valence-electron chi connectivity index (χ3n) is 3.70. The summed E-state index contributed by atoms with van der Waals surface area (Å²) in [7, 11) is 0. The van der Waals surface area contributed by atoms with Crippen LogP contribution in [0, 0.1) is 5.82 Å². The van der Waals surface area contributed by atoms with Crippen molar-refractivity contribution in [3.05, 3.63) is 50.4 Å². The molecule has 1 aromatic heterocycles. The smallest absolute Gasteiger partial charge is 0.224 e. The Morgan fingerprint density at radius 1 is 1.45 bits per heavy atom. The van der Waals surface area contributed by atoms with E-state index in [-0.39, 0.29) is 17.4 Å². The summed E-state index contributed by atoms with van der Waals surface area (Å²) in [6.45, 7) is 1.44. The number of halogens is 2. The maximum atomic E-state index is 14.4. The van der Waals surface area contributed by atoms with Gasteiger partial charge in [-0.15, -0.1) is 11.3 Å². The van der Waals surface area contributed by atoms with Crippen molar-refractivity contribution in [1.82, 2.24) is 5.32 Å². The van der Waals surface area contributed by atoms with E-state index in [0.717, 1.165) is 17.0 Å². The number of anilines is 1. The molecule has 2 heterocycles. The van der Waals surface area contributed by atoms with Crippen molar-refractivity contribution in [3.8, 4) is 0 Å². The highest BCUT2D eigenvalue weighted by Gasteiger charge is 2.17. The van der Waals surface area contributed by atoms with Crippen LogP contribution in [0.4, 0.5) is 10.1 Å². The van der Waals surface area contributed by atoms with E-state index in [1.54, 1.807) is 6.07 Å². The average molecular weight is 339 g/mol. The summed E-state index contributed by atoms with van der Waals surface area (Å²) in [5, 5.41) is 8.41.